The fourth-order valence-electron chi connectivity index (χ4n) is 8.71. The van der Waals surface area contributed by atoms with Gasteiger partial charge in [-0.2, -0.15) is 0 Å². The number of aliphatic hydroxyl groups is 19. The molecule has 6 aliphatic rings. The lowest BCUT2D eigenvalue weighted by atomic mass is 9.97. The van der Waals surface area contributed by atoms with Gasteiger partial charge < -0.3 is 149 Å². The molecule has 0 spiro atoms. The van der Waals surface area contributed by atoms with E-state index in [4.69, 9.17) is 52.1 Å². The predicted octanol–water partition coefficient (Wildman–Crippen LogP) is -11.3. The number of aliphatic hydroxyl groups excluding tert-OH is 19. The third-order valence-electron chi connectivity index (χ3n) is 13.3. The fourth-order valence-corrected chi connectivity index (χ4v) is 9.79. The molecule has 0 aromatic heterocycles. The van der Waals surface area contributed by atoms with E-state index in [0.29, 0.717) is 4.90 Å². The number of ether oxygens (including phenoxy) is 11. The minimum Gasteiger partial charge on any atom is -0.394 e. The summed E-state index contributed by atoms with van der Waals surface area (Å²) in [5.41, 5.74) is -1.07. The first-order valence-electron chi connectivity index (χ1n) is 23.2. The van der Waals surface area contributed by atoms with Gasteiger partial charge in [0.05, 0.1) is 39.6 Å². The van der Waals surface area contributed by atoms with Crippen molar-refractivity contribution < 1.29 is 149 Å². The highest BCUT2D eigenvalue weighted by Crippen LogP contribution is 2.35. The molecule has 0 aliphatic carbocycles. The molecule has 6 fully saturated rings. The molecule has 31 heteroatoms. The summed E-state index contributed by atoms with van der Waals surface area (Å²) in [6.07, 6.45) is -51.2. The van der Waals surface area contributed by atoms with Crippen LogP contribution in [0.1, 0.15) is 0 Å². The van der Waals surface area contributed by atoms with Gasteiger partial charge in [-0.3, -0.25) is 0 Å². The highest BCUT2D eigenvalue weighted by atomic mass is 32.2. The second kappa shape index (κ2) is 25.9. The average Bonchev–Trinajstić information content (AvgIpc) is 3.38. The van der Waals surface area contributed by atoms with Crippen LogP contribution in [0.3, 0.4) is 0 Å². The number of thioether (sulfide) groups is 1. The number of rotatable bonds is 18. The normalized spacial score (nSPS) is 49.9. The second-order valence-electron chi connectivity index (χ2n) is 18.4. The molecule has 7 rings (SSSR count). The van der Waals surface area contributed by atoms with Crippen molar-refractivity contribution in [3.8, 4) is 0 Å². The summed E-state index contributed by atoms with van der Waals surface area (Å²) >= 11 is 1.06. The molecule has 30 nitrogen and oxygen atoms in total. The van der Waals surface area contributed by atoms with Crippen molar-refractivity contribution in [3.05, 3.63) is 30.3 Å². The molecule has 0 radical (unpaired) electrons. The predicted molar refractivity (Wildman–Crippen MR) is 229 cm³/mol. The maximum atomic E-state index is 10.8. The first-order chi connectivity index (χ1) is 34.6. The first kappa shape index (κ1) is 59.0. The topological polar surface area (TPSA) is 486 Å². The van der Waals surface area contributed by atoms with Crippen molar-refractivity contribution in [2.75, 3.05) is 39.6 Å². The van der Waals surface area contributed by atoms with Gasteiger partial charge in [-0.25, -0.2) is 0 Å². The van der Waals surface area contributed by atoms with Gasteiger partial charge in [0.1, 0.15) is 152 Å². The highest BCUT2D eigenvalue weighted by molar-refractivity contribution is 7.99. The van der Waals surface area contributed by atoms with Crippen LogP contribution >= 0.6 is 11.8 Å². The van der Waals surface area contributed by atoms with Crippen molar-refractivity contribution in [2.45, 2.75) is 188 Å². The van der Waals surface area contributed by atoms with E-state index in [-0.39, 0.29) is 0 Å². The zero-order chi connectivity index (χ0) is 53.2. The van der Waals surface area contributed by atoms with Gasteiger partial charge in [0.15, 0.2) is 31.5 Å². The zero-order valence-corrected chi connectivity index (χ0v) is 39.2. The molecular weight excluding hydrogens is 1020 g/mol. The van der Waals surface area contributed by atoms with Crippen LogP contribution in [0.2, 0.25) is 0 Å². The summed E-state index contributed by atoms with van der Waals surface area (Å²) in [7, 11) is 0. The van der Waals surface area contributed by atoms with Crippen molar-refractivity contribution in [2.24, 2.45) is 0 Å². The lowest BCUT2D eigenvalue weighted by Crippen LogP contribution is -2.63. The summed E-state index contributed by atoms with van der Waals surface area (Å²) in [6.45, 7) is -4.34. The molecule has 30 atom stereocenters. The molecule has 6 heterocycles. The Morgan fingerprint density at radius 2 is 0.548 bits per heavy atom. The number of hydrogen-bond acceptors (Lipinski definition) is 31. The summed E-state index contributed by atoms with van der Waals surface area (Å²) < 4.78 is 61.2. The summed E-state index contributed by atoms with van der Waals surface area (Å²) in [4.78, 5) is 0.671. The minimum atomic E-state index is -2.00. The third-order valence-corrected chi connectivity index (χ3v) is 14.5. The fraction of sp³-hybridized carbons (Fsp3) is 0.857. The summed E-state index contributed by atoms with van der Waals surface area (Å²) in [5.74, 6) is 0. The largest absolute Gasteiger partial charge is 0.394 e. The monoisotopic (exact) mass is 1080 g/mol. The molecule has 0 amide bonds. The number of benzene rings is 1. The Morgan fingerprint density at radius 1 is 0.301 bits per heavy atom. The van der Waals surface area contributed by atoms with Crippen LogP contribution in [0.15, 0.2) is 35.2 Å². The standard InChI is InChI=1S/C42H66O30S/c43-6-13-19(44)25(50)31(56)37(67-13)62-7-14-20(45)26(51)32(57)38(68-14)63-8-15-21(46)27(52)33(58)39(69-15)64-9-16-22(47)28(53)34(59)40(70-16)65-10-17-23(48)29(54)35(60)41(71-17)66-11-18-24(49)30(55)36(61)42(72-18)73-12-4-2-1-3-5-12/h1-5,13-61H,6-11H2/t13-,14?,15?,16?,17?,18?,19-,20-,21-,22-,23-,24-,25+,26+,27+,28+,29+,30+,31-,32-,33-,34-,35-,36-,37-,38-,39-,40-,41-,42+/m1/s1. The first-order valence-corrected chi connectivity index (χ1v) is 24.1. The van der Waals surface area contributed by atoms with Crippen molar-refractivity contribution in [1.29, 1.82) is 0 Å². The van der Waals surface area contributed by atoms with Crippen LogP contribution in [-0.4, -0.2) is 320 Å². The van der Waals surface area contributed by atoms with Gasteiger partial charge in [0.25, 0.3) is 0 Å². The molecule has 19 N–H and O–H groups in total. The molecule has 0 saturated carbocycles. The Morgan fingerprint density at radius 3 is 0.836 bits per heavy atom. The van der Waals surface area contributed by atoms with Crippen LogP contribution < -0.4 is 0 Å². The van der Waals surface area contributed by atoms with Gasteiger partial charge in [0, 0.05) is 4.90 Å². The molecule has 6 saturated heterocycles. The maximum Gasteiger partial charge on any atom is 0.186 e. The molecule has 1 aromatic carbocycles. The van der Waals surface area contributed by atoms with E-state index in [1.165, 1.54) is 0 Å². The molecule has 1 aromatic rings. The van der Waals surface area contributed by atoms with Crippen molar-refractivity contribution >= 4 is 11.8 Å². The Labute approximate surface area is 418 Å². The SMILES string of the molecule is OC[C@H]1O[C@@H](OCC2O[C@@H](OCC3O[C@@H](OCC4O[C@@H](OCC5O[C@@H](OCC6O[C@@H](Sc7ccccc7)[C@H](O)[C@@H](O)[C@@H]6O)[C@H](O)[C@@H](O)[C@@H]5O)[C@H](O)[C@@H](O)[C@@H]4O)[C@H](O)[C@@H](O)[C@@H]3O)[C@H](O)[C@@H](O)[C@@H]2O)[C@H](O)[C@@H](O)[C@@H]1O. The summed E-state index contributed by atoms with van der Waals surface area (Å²) in [6, 6.07) is 8.71. The minimum absolute atomic E-state index is 0.572. The molecule has 6 aliphatic heterocycles. The number of hydrogen-bond donors (Lipinski definition) is 19. The van der Waals surface area contributed by atoms with Crippen LogP contribution in [-0.2, 0) is 52.1 Å². The van der Waals surface area contributed by atoms with Crippen molar-refractivity contribution in [1.82, 2.24) is 0 Å². The summed E-state index contributed by atoms with van der Waals surface area (Å²) in [5, 5.41) is 200. The molecule has 5 unspecified atom stereocenters. The Hall–Kier alpha value is -1.63. The van der Waals surface area contributed by atoms with E-state index in [0.717, 1.165) is 11.8 Å². The Balaban J connectivity index is 0.907. The molecule has 73 heavy (non-hydrogen) atoms. The van der Waals surface area contributed by atoms with Crippen molar-refractivity contribution in [3.63, 3.8) is 0 Å². The van der Waals surface area contributed by atoms with E-state index in [9.17, 15) is 97.0 Å². The Bertz CT molecular complexity index is 1820. The molecule has 0 bridgehead atoms. The van der Waals surface area contributed by atoms with E-state index in [2.05, 4.69) is 0 Å². The van der Waals surface area contributed by atoms with Gasteiger partial charge in [-0.1, -0.05) is 30.0 Å². The van der Waals surface area contributed by atoms with E-state index in [1.54, 1.807) is 30.3 Å². The lowest BCUT2D eigenvalue weighted by Gasteiger charge is -2.45. The second-order valence-corrected chi connectivity index (χ2v) is 19.5. The van der Waals surface area contributed by atoms with Crippen LogP contribution in [0, 0.1) is 0 Å². The van der Waals surface area contributed by atoms with Crippen LogP contribution in [0.25, 0.3) is 0 Å². The van der Waals surface area contributed by atoms with E-state index >= 15 is 0 Å². The quantitative estimate of drug-likeness (QED) is 0.0649. The molecular formula is C42H66O30S. The lowest BCUT2D eigenvalue weighted by molar-refractivity contribution is -0.351. The highest BCUT2D eigenvalue weighted by Gasteiger charge is 2.52. The van der Waals surface area contributed by atoms with Gasteiger partial charge in [0.2, 0.25) is 0 Å². The van der Waals surface area contributed by atoms with Crippen LogP contribution in [0.4, 0.5) is 0 Å². The smallest absolute Gasteiger partial charge is 0.186 e. The van der Waals surface area contributed by atoms with Gasteiger partial charge in [-0.05, 0) is 12.1 Å². The van der Waals surface area contributed by atoms with E-state index < -0.39 is 223 Å². The Kier molecular flexibility index (Phi) is 20.9. The molecule has 420 valence electrons. The average molecular weight is 1080 g/mol. The van der Waals surface area contributed by atoms with E-state index in [1.807, 2.05) is 0 Å². The zero-order valence-electron chi connectivity index (χ0n) is 38.3. The van der Waals surface area contributed by atoms with Gasteiger partial charge in [-0.15, -0.1) is 0 Å². The van der Waals surface area contributed by atoms with Crippen LogP contribution in [0.5, 0.6) is 0 Å². The maximum absolute atomic E-state index is 10.8. The third kappa shape index (κ3) is 13.3. The van der Waals surface area contributed by atoms with Gasteiger partial charge >= 0.3 is 0 Å².